The van der Waals surface area contributed by atoms with E-state index in [2.05, 4.69) is 26.5 Å². The lowest BCUT2D eigenvalue weighted by Crippen LogP contribution is -2.17. The van der Waals surface area contributed by atoms with Crippen LogP contribution >= 0.6 is 15.9 Å². The number of nitrogens with zero attached hydrogens (tertiary/aromatic N) is 2. The number of hydrazone groups is 1. The zero-order valence-electron chi connectivity index (χ0n) is 12.0. The predicted molar refractivity (Wildman–Crippen MR) is 88.9 cm³/mol. The number of nitro benzene ring substituents is 1. The van der Waals surface area contributed by atoms with Crippen molar-refractivity contribution in [2.24, 2.45) is 5.10 Å². The van der Waals surface area contributed by atoms with E-state index in [4.69, 9.17) is 4.74 Å². The highest BCUT2D eigenvalue weighted by Gasteiger charge is 2.08. The number of benzene rings is 2. The van der Waals surface area contributed by atoms with Crippen molar-refractivity contribution in [3.63, 3.8) is 0 Å². The van der Waals surface area contributed by atoms with Crippen LogP contribution in [0.4, 0.5) is 5.69 Å². The summed E-state index contributed by atoms with van der Waals surface area (Å²) in [5, 5.41) is 14.5. The third-order valence-electron chi connectivity index (χ3n) is 2.87. The van der Waals surface area contributed by atoms with E-state index in [9.17, 15) is 14.9 Å². The number of hydrogen-bond acceptors (Lipinski definition) is 5. The van der Waals surface area contributed by atoms with Gasteiger partial charge in [-0.2, -0.15) is 5.10 Å². The fourth-order valence-corrected chi connectivity index (χ4v) is 2.30. The third kappa shape index (κ3) is 4.36. The average molecular weight is 378 g/mol. The van der Waals surface area contributed by atoms with Crippen molar-refractivity contribution < 1.29 is 14.5 Å². The maximum Gasteiger partial charge on any atom is 0.271 e. The molecule has 1 amide bonds. The molecule has 0 saturated carbocycles. The fraction of sp³-hybridized carbons (Fsp3) is 0.0667. The molecule has 0 radical (unpaired) electrons. The van der Waals surface area contributed by atoms with E-state index in [-0.39, 0.29) is 5.69 Å². The normalized spacial score (nSPS) is 10.5. The third-order valence-corrected chi connectivity index (χ3v) is 3.49. The van der Waals surface area contributed by atoms with E-state index in [1.54, 1.807) is 30.3 Å². The second kappa shape index (κ2) is 7.50. The van der Waals surface area contributed by atoms with Gasteiger partial charge in [-0.15, -0.1) is 0 Å². The van der Waals surface area contributed by atoms with Gasteiger partial charge in [0, 0.05) is 23.3 Å². The number of rotatable bonds is 5. The Morgan fingerprint density at radius 3 is 2.78 bits per heavy atom. The number of methoxy groups -OCH3 is 1. The maximum absolute atomic E-state index is 12.0. The Morgan fingerprint density at radius 1 is 1.35 bits per heavy atom. The lowest BCUT2D eigenvalue weighted by Gasteiger charge is -2.05. The lowest BCUT2D eigenvalue weighted by atomic mass is 10.2. The summed E-state index contributed by atoms with van der Waals surface area (Å²) in [5.41, 5.74) is 3.22. The SMILES string of the molecule is COc1ccc(C(=O)NN=Cc2cccc([N+](=O)[O-])c2)cc1Br. The monoisotopic (exact) mass is 377 g/mol. The van der Waals surface area contributed by atoms with Gasteiger partial charge in [-0.25, -0.2) is 5.43 Å². The molecule has 7 nitrogen and oxygen atoms in total. The Hall–Kier alpha value is -2.74. The van der Waals surface area contributed by atoms with Gasteiger partial charge in [0.2, 0.25) is 0 Å². The van der Waals surface area contributed by atoms with Gasteiger partial charge < -0.3 is 4.74 Å². The van der Waals surface area contributed by atoms with Gasteiger partial charge in [-0.1, -0.05) is 12.1 Å². The Kier molecular flexibility index (Phi) is 5.42. The van der Waals surface area contributed by atoms with Crippen LogP contribution in [0, 0.1) is 10.1 Å². The smallest absolute Gasteiger partial charge is 0.271 e. The molecule has 2 aromatic rings. The minimum atomic E-state index is -0.495. The number of carbonyl (C=O) groups excluding carboxylic acids is 1. The Balaban J connectivity index is 2.05. The van der Waals surface area contributed by atoms with Crippen LogP contribution in [-0.2, 0) is 0 Å². The van der Waals surface area contributed by atoms with Crippen LogP contribution < -0.4 is 10.2 Å². The average Bonchev–Trinajstić information content (AvgIpc) is 2.55. The topological polar surface area (TPSA) is 93.8 Å². The van der Waals surface area contributed by atoms with Gasteiger partial charge in [-0.05, 0) is 34.1 Å². The molecule has 0 saturated heterocycles. The number of carbonyl (C=O) groups is 1. The van der Waals surface area contributed by atoms with Crippen LogP contribution in [0.5, 0.6) is 5.75 Å². The molecule has 8 heteroatoms. The summed E-state index contributed by atoms with van der Waals surface area (Å²) in [4.78, 5) is 22.2. The van der Waals surface area contributed by atoms with Gasteiger partial charge in [0.1, 0.15) is 5.75 Å². The summed E-state index contributed by atoms with van der Waals surface area (Å²) >= 11 is 3.29. The highest BCUT2D eigenvalue weighted by molar-refractivity contribution is 9.10. The van der Waals surface area contributed by atoms with E-state index in [0.717, 1.165) is 0 Å². The Bertz CT molecular complexity index is 777. The molecule has 0 spiro atoms. The van der Waals surface area contributed by atoms with Crippen LogP contribution in [0.2, 0.25) is 0 Å². The number of amides is 1. The van der Waals surface area contributed by atoms with Crippen molar-refractivity contribution in [1.82, 2.24) is 5.43 Å². The zero-order chi connectivity index (χ0) is 16.8. The molecule has 23 heavy (non-hydrogen) atoms. The second-order valence-electron chi connectivity index (χ2n) is 4.40. The van der Waals surface area contributed by atoms with Crippen LogP contribution in [-0.4, -0.2) is 24.2 Å². The van der Waals surface area contributed by atoms with E-state index in [0.29, 0.717) is 21.3 Å². The summed E-state index contributed by atoms with van der Waals surface area (Å²) in [6, 6.07) is 10.8. The van der Waals surface area contributed by atoms with Gasteiger partial charge in [0.25, 0.3) is 11.6 Å². The van der Waals surface area contributed by atoms with Gasteiger partial charge in [-0.3, -0.25) is 14.9 Å². The summed E-state index contributed by atoms with van der Waals surface area (Å²) in [6.45, 7) is 0. The first kappa shape index (κ1) is 16.6. The summed E-state index contributed by atoms with van der Waals surface area (Å²) in [6.07, 6.45) is 1.34. The molecule has 0 aliphatic rings. The van der Waals surface area contributed by atoms with Crippen molar-refractivity contribution in [2.75, 3.05) is 7.11 Å². The summed E-state index contributed by atoms with van der Waals surface area (Å²) in [5.74, 6) is 0.205. The van der Waals surface area contributed by atoms with Crippen LogP contribution in [0.1, 0.15) is 15.9 Å². The number of nitrogens with one attached hydrogen (secondary N) is 1. The number of hydrogen-bond donors (Lipinski definition) is 1. The van der Waals surface area contributed by atoms with Crippen LogP contribution in [0.15, 0.2) is 52.0 Å². The van der Waals surface area contributed by atoms with Crippen molar-refractivity contribution in [3.8, 4) is 5.75 Å². The quantitative estimate of drug-likeness (QED) is 0.491. The molecular formula is C15H12BrN3O4. The number of ether oxygens (including phenoxy) is 1. The summed E-state index contributed by atoms with van der Waals surface area (Å²) in [7, 11) is 1.53. The maximum atomic E-state index is 12.0. The molecule has 118 valence electrons. The molecule has 2 aromatic carbocycles. The van der Waals surface area contributed by atoms with Gasteiger partial charge in [0.05, 0.1) is 22.7 Å². The van der Waals surface area contributed by atoms with Crippen molar-refractivity contribution in [1.29, 1.82) is 0 Å². The van der Waals surface area contributed by atoms with Gasteiger partial charge in [0.15, 0.2) is 0 Å². The fourth-order valence-electron chi connectivity index (χ4n) is 1.76. The zero-order valence-corrected chi connectivity index (χ0v) is 13.6. The number of nitro groups is 1. The summed E-state index contributed by atoms with van der Waals surface area (Å²) < 4.78 is 5.73. The largest absolute Gasteiger partial charge is 0.496 e. The molecule has 0 bridgehead atoms. The predicted octanol–water partition coefficient (Wildman–Crippen LogP) is 3.13. The standard InChI is InChI=1S/C15H12BrN3O4/c1-23-14-6-5-11(8-13(14)16)15(20)18-17-9-10-3-2-4-12(7-10)19(21)22/h2-9H,1H3,(H,18,20). The molecular weight excluding hydrogens is 366 g/mol. The van der Waals surface area contributed by atoms with Crippen LogP contribution in [0.3, 0.4) is 0 Å². The Morgan fingerprint density at radius 2 is 2.13 bits per heavy atom. The first-order chi connectivity index (χ1) is 11.0. The molecule has 0 aromatic heterocycles. The molecule has 0 fully saturated rings. The highest BCUT2D eigenvalue weighted by atomic mass is 79.9. The highest BCUT2D eigenvalue weighted by Crippen LogP contribution is 2.25. The number of non-ortho nitro benzene ring substituents is 1. The molecule has 2 rings (SSSR count). The molecule has 0 unspecified atom stereocenters. The first-order valence-electron chi connectivity index (χ1n) is 6.42. The van der Waals surface area contributed by atoms with Crippen molar-refractivity contribution in [2.45, 2.75) is 0 Å². The molecule has 0 aliphatic carbocycles. The first-order valence-corrected chi connectivity index (χ1v) is 7.22. The molecule has 0 heterocycles. The Labute approximate surface area is 140 Å². The van der Waals surface area contributed by atoms with Crippen LogP contribution in [0.25, 0.3) is 0 Å². The molecule has 1 N–H and O–H groups in total. The molecule has 0 atom stereocenters. The van der Waals surface area contributed by atoms with Crippen molar-refractivity contribution in [3.05, 3.63) is 68.2 Å². The van der Waals surface area contributed by atoms with Gasteiger partial charge >= 0.3 is 0 Å². The van der Waals surface area contributed by atoms with E-state index >= 15 is 0 Å². The van der Waals surface area contributed by atoms with E-state index < -0.39 is 10.8 Å². The van der Waals surface area contributed by atoms with E-state index in [1.165, 1.54) is 25.5 Å². The second-order valence-corrected chi connectivity index (χ2v) is 5.25. The lowest BCUT2D eigenvalue weighted by molar-refractivity contribution is -0.384. The number of halogens is 1. The minimum absolute atomic E-state index is 0.0423. The van der Waals surface area contributed by atoms with E-state index in [1.807, 2.05) is 0 Å². The minimum Gasteiger partial charge on any atom is -0.496 e. The molecule has 0 aliphatic heterocycles. The van der Waals surface area contributed by atoms with Crippen molar-refractivity contribution >= 4 is 33.7 Å².